The van der Waals surface area contributed by atoms with Crippen LogP contribution in [0.1, 0.15) is 47.7 Å². The second kappa shape index (κ2) is 11.0. The number of nitrogens with one attached hydrogen (secondary N) is 1. The summed E-state index contributed by atoms with van der Waals surface area (Å²) in [4.78, 5) is 53.6. The van der Waals surface area contributed by atoms with Crippen LogP contribution in [0, 0.1) is 0 Å². The number of hydrogen-bond acceptors (Lipinski definition) is 7. The standard InChI is InChI=1S/C23H30N4O6/c1-3-4-10-27-20(24)19(21(29)25-23(27)31)26(11-12-32-2)18(28)14-33-22(30)17-9-8-15-6-5-7-16(15)13-17/h8-9,13H,3-7,10-12,14,24H2,1-2H3,(H,25,29,31). The summed E-state index contributed by atoms with van der Waals surface area (Å²) >= 11 is 0. The largest absolute Gasteiger partial charge is 0.452 e. The Labute approximate surface area is 191 Å². The van der Waals surface area contributed by atoms with Crippen molar-refractivity contribution >= 4 is 23.4 Å². The van der Waals surface area contributed by atoms with Gasteiger partial charge in [-0.3, -0.25) is 24.0 Å². The first-order valence-electron chi connectivity index (χ1n) is 11.1. The Hall–Kier alpha value is -3.40. The third-order valence-corrected chi connectivity index (χ3v) is 5.70. The maximum atomic E-state index is 13.0. The van der Waals surface area contributed by atoms with Crippen molar-refractivity contribution in [2.75, 3.05) is 37.5 Å². The van der Waals surface area contributed by atoms with E-state index in [4.69, 9.17) is 15.2 Å². The van der Waals surface area contributed by atoms with Gasteiger partial charge in [-0.05, 0) is 48.9 Å². The summed E-state index contributed by atoms with van der Waals surface area (Å²) in [6.45, 7) is 1.76. The van der Waals surface area contributed by atoms with Crippen LogP contribution < -0.4 is 21.9 Å². The number of anilines is 2. The molecule has 178 valence electrons. The Kier molecular flexibility index (Phi) is 8.05. The second-order valence-corrected chi connectivity index (χ2v) is 7.95. The highest BCUT2D eigenvalue weighted by Gasteiger charge is 2.25. The van der Waals surface area contributed by atoms with Crippen molar-refractivity contribution in [2.45, 2.75) is 45.6 Å². The monoisotopic (exact) mass is 458 g/mol. The van der Waals surface area contributed by atoms with Gasteiger partial charge in [0.1, 0.15) is 5.82 Å². The highest BCUT2D eigenvalue weighted by atomic mass is 16.5. The van der Waals surface area contributed by atoms with Crippen LogP contribution in [-0.2, 0) is 33.7 Å². The van der Waals surface area contributed by atoms with E-state index in [1.807, 2.05) is 13.0 Å². The number of nitrogen functional groups attached to an aromatic ring is 1. The lowest BCUT2D eigenvalue weighted by atomic mass is 10.1. The fourth-order valence-electron chi connectivity index (χ4n) is 3.91. The maximum Gasteiger partial charge on any atom is 0.338 e. The van der Waals surface area contributed by atoms with Crippen molar-refractivity contribution in [3.8, 4) is 0 Å². The van der Waals surface area contributed by atoms with Crippen molar-refractivity contribution in [2.24, 2.45) is 0 Å². The number of esters is 1. The van der Waals surface area contributed by atoms with Crippen molar-refractivity contribution in [1.29, 1.82) is 0 Å². The van der Waals surface area contributed by atoms with E-state index in [9.17, 15) is 19.2 Å². The number of rotatable bonds is 10. The van der Waals surface area contributed by atoms with Crippen LogP contribution in [0.2, 0.25) is 0 Å². The highest BCUT2D eigenvalue weighted by molar-refractivity contribution is 5.98. The first-order chi connectivity index (χ1) is 15.9. The highest BCUT2D eigenvalue weighted by Crippen LogP contribution is 2.23. The number of amides is 1. The number of ether oxygens (including phenoxy) is 2. The van der Waals surface area contributed by atoms with Gasteiger partial charge in [-0.2, -0.15) is 0 Å². The molecule has 0 bridgehead atoms. The van der Waals surface area contributed by atoms with Crippen molar-refractivity contribution in [1.82, 2.24) is 9.55 Å². The minimum atomic E-state index is -0.792. The Morgan fingerprint density at radius 2 is 1.97 bits per heavy atom. The van der Waals surface area contributed by atoms with Gasteiger partial charge >= 0.3 is 11.7 Å². The number of aromatic amines is 1. The number of nitrogens with zero attached hydrogens (tertiary/aromatic N) is 2. The molecule has 1 aromatic heterocycles. The van der Waals surface area contributed by atoms with Gasteiger partial charge < -0.3 is 15.2 Å². The number of carbonyl (C=O) groups excluding carboxylic acids is 2. The lowest BCUT2D eigenvalue weighted by molar-refractivity contribution is -0.121. The molecule has 3 rings (SSSR count). The molecule has 1 heterocycles. The van der Waals surface area contributed by atoms with Gasteiger partial charge in [0.15, 0.2) is 12.3 Å². The minimum Gasteiger partial charge on any atom is -0.452 e. The van der Waals surface area contributed by atoms with Gasteiger partial charge in [-0.25, -0.2) is 9.59 Å². The zero-order valence-electron chi connectivity index (χ0n) is 19.0. The summed E-state index contributed by atoms with van der Waals surface area (Å²) in [5.74, 6) is -1.40. The Bertz CT molecular complexity index is 1140. The number of carbonyl (C=O) groups is 2. The van der Waals surface area contributed by atoms with Crippen LogP contribution in [0.3, 0.4) is 0 Å². The average Bonchev–Trinajstić information content (AvgIpc) is 3.27. The molecule has 0 aliphatic heterocycles. The van der Waals surface area contributed by atoms with Gasteiger partial charge in [0.25, 0.3) is 11.5 Å². The summed E-state index contributed by atoms with van der Waals surface area (Å²) in [5.41, 5.74) is 7.25. The van der Waals surface area contributed by atoms with Crippen molar-refractivity contribution in [3.63, 3.8) is 0 Å². The van der Waals surface area contributed by atoms with Crippen molar-refractivity contribution in [3.05, 3.63) is 55.7 Å². The number of nitrogens with two attached hydrogens (primary N) is 1. The van der Waals surface area contributed by atoms with Gasteiger partial charge in [-0.15, -0.1) is 0 Å². The molecule has 0 radical (unpaired) electrons. The SMILES string of the molecule is CCCCn1c(N)c(N(CCOC)C(=O)COC(=O)c2ccc3c(c2)CCC3)c(=O)[nH]c1=O. The molecule has 0 unspecified atom stereocenters. The molecule has 1 aliphatic rings. The molecule has 1 aliphatic carbocycles. The van der Waals surface area contributed by atoms with E-state index in [2.05, 4.69) is 4.98 Å². The summed E-state index contributed by atoms with van der Waals surface area (Å²) in [7, 11) is 1.45. The molecule has 0 saturated carbocycles. The maximum absolute atomic E-state index is 13.0. The number of aryl methyl sites for hydroxylation is 2. The average molecular weight is 459 g/mol. The smallest absolute Gasteiger partial charge is 0.338 e. The zero-order valence-corrected chi connectivity index (χ0v) is 19.0. The quantitative estimate of drug-likeness (QED) is 0.511. The van der Waals surface area contributed by atoms with Gasteiger partial charge in [0, 0.05) is 20.2 Å². The number of H-pyrrole nitrogens is 1. The van der Waals surface area contributed by atoms with Crippen LogP contribution in [0.5, 0.6) is 0 Å². The Morgan fingerprint density at radius 1 is 1.21 bits per heavy atom. The number of benzene rings is 1. The fraction of sp³-hybridized carbons (Fsp3) is 0.478. The normalized spacial score (nSPS) is 12.4. The number of hydrogen-bond donors (Lipinski definition) is 2. The third kappa shape index (κ3) is 5.51. The van der Waals surface area contributed by atoms with Gasteiger partial charge in [0.05, 0.1) is 12.2 Å². The van der Waals surface area contributed by atoms with E-state index >= 15 is 0 Å². The van der Waals surface area contributed by atoms with Gasteiger partial charge in [0.2, 0.25) is 0 Å². The lowest BCUT2D eigenvalue weighted by Crippen LogP contribution is -2.44. The molecule has 0 fully saturated rings. The predicted molar refractivity (Wildman–Crippen MR) is 124 cm³/mol. The molecule has 0 saturated heterocycles. The lowest BCUT2D eigenvalue weighted by Gasteiger charge is -2.24. The third-order valence-electron chi connectivity index (χ3n) is 5.70. The minimum absolute atomic E-state index is 0.00894. The molecule has 0 spiro atoms. The molecule has 0 atom stereocenters. The first kappa shape index (κ1) is 24.2. The molecule has 2 aromatic rings. The fourth-order valence-corrected chi connectivity index (χ4v) is 3.91. The molecule has 1 amide bonds. The Balaban J connectivity index is 1.81. The molecular formula is C23H30N4O6. The van der Waals surface area contributed by atoms with Crippen LogP contribution in [-0.4, -0.2) is 48.3 Å². The zero-order chi connectivity index (χ0) is 24.0. The van der Waals surface area contributed by atoms with E-state index in [0.717, 1.165) is 36.1 Å². The summed E-state index contributed by atoms with van der Waals surface area (Å²) in [6.07, 6.45) is 4.44. The Morgan fingerprint density at radius 3 is 2.70 bits per heavy atom. The van der Waals surface area contributed by atoms with Crippen LogP contribution in [0.25, 0.3) is 0 Å². The molecule has 10 nitrogen and oxygen atoms in total. The number of aromatic nitrogens is 2. The van der Waals surface area contributed by atoms with Crippen molar-refractivity contribution < 1.29 is 19.1 Å². The molecule has 10 heteroatoms. The number of unbranched alkanes of at least 4 members (excludes halogenated alkanes) is 1. The van der Waals surface area contributed by atoms with Crippen LogP contribution >= 0.6 is 0 Å². The molecule has 1 aromatic carbocycles. The first-order valence-corrected chi connectivity index (χ1v) is 11.1. The molecular weight excluding hydrogens is 428 g/mol. The molecule has 3 N–H and O–H groups in total. The van der Waals surface area contributed by atoms with Crippen LogP contribution in [0.15, 0.2) is 27.8 Å². The molecule has 33 heavy (non-hydrogen) atoms. The summed E-state index contributed by atoms with van der Waals surface area (Å²) in [6, 6.07) is 5.39. The topological polar surface area (TPSA) is 137 Å². The van der Waals surface area contributed by atoms with E-state index < -0.39 is 29.7 Å². The number of fused-ring (bicyclic) bond motifs is 1. The summed E-state index contributed by atoms with van der Waals surface area (Å²) in [5, 5.41) is 0. The summed E-state index contributed by atoms with van der Waals surface area (Å²) < 4.78 is 11.5. The van der Waals surface area contributed by atoms with E-state index in [1.54, 1.807) is 12.1 Å². The van der Waals surface area contributed by atoms with Gasteiger partial charge in [-0.1, -0.05) is 19.4 Å². The van der Waals surface area contributed by atoms with Crippen LogP contribution in [0.4, 0.5) is 11.5 Å². The second-order valence-electron chi connectivity index (χ2n) is 7.95. The van der Waals surface area contributed by atoms with E-state index in [0.29, 0.717) is 18.5 Å². The predicted octanol–water partition coefficient (Wildman–Crippen LogP) is 1.24. The number of methoxy groups -OCH3 is 1. The van der Waals surface area contributed by atoms with E-state index in [-0.39, 0.29) is 24.7 Å². The van der Waals surface area contributed by atoms with E-state index in [1.165, 1.54) is 17.2 Å².